The molecule has 2 aromatic rings. The van der Waals surface area contributed by atoms with Gasteiger partial charge in [-0.15, -0.1) is 11.6 Å². The Morgan fingerprint density at radius 2 is 2.25 bits per heavy atom. The van der Waals surface area contributed by atoms with E-state index in [1.54, 1.807) is 4.90 Å². The maximum Gasteiger partial charge on any atom is 0.238 e. The minimum atomic E-state index is -0.123. The van der Waals surface area contributed by atoms with Crippen molar-refractivity contribution in [1.82, 2.24) is 9.88 Å². The Hall–Kier alpha value is -1.04. The summed E-state index contributed by atoms with van der Waals surface area (Å²) in [4.78, 5) is 17.6. The highest BCUT2D eigenvalue weighted by Gasteiger charge is 2.29. The van der Waals surface area contributed by atoms with Crippen LogP contribution in [0.3, 0.4) is 0 Å². The largest absolute Gasteiger partial charge is 0.439 e. The van der Waals surface area contributed by atoms with Crippen LogP contribution in [0.15, 0.2) is 27.1 Å². The van der Waals surface area contributed by atoms with Crippen molar-refractivity contribution in [3.8, 4) is 11.5 Å². The van der Waals surface area contributed by atoms with E-state index in [9.17, 15) is 4.79 Å². The van der Waals surface area contributed by atoms with Crippen molar-refractivity contribution in [3.63, 3.8) is 0 Å². The maximum absolute atomic E-state index is 11.5. The first-order valence-corrected chi connectivity index (χ1v) is 7.57. The molecular weight excluding hydrogens is 367 g/mol. The van der Waals surface area contributed by atoms with Gasteiger partial charge in [0.2, 0.25) is 11.8 Å². The Kier molecular flexibility index (Phi) is 3.75. The van der Waals surface area contributed by atoms with Crippen molar-refractivity contribution < 1.29 is 9.21 Å². The third-order valence-corrected chi connectivity index (χ3v) is 4.63. The fraction of sp³-hybridized carbons (Fsp3) is 0.231. The molecule has 1 aliphatic rings. The molecule has 20 heavy (non-hydrogen) atoms. The minimum Gasteiger partial charge on any atom is -0.439 e. The minimum absolute atomic E-state index is 0.0331. The van der Waals surface area contributed by atoms with E-state index in [0.29, 0.717) is 29.8 Å². The zero-order valence-corrected chi connectivity index (χ0v) is 13.3. The fourth-order valence-corrected chi connectivity index (χ4v) is 2.83. The number of fused-ring (bicyclic) bond motifs is 1. The second kappa shape index (κ2) is 5.39. The van der Waals surface area contributed by atoms with E-state index in [1.165, 1.54) is 0 Å². The van der Waals surface area contributed by atoms with Crippen LogP contribution in [0.4, 0.5) is 0 Å². The third-order valence-electron chi connectivity index (χ3n) is 3.10. The highest BCUT2D eigenvalue weighted by atomic mass is 79.9. The number of carbonyl (C=O) groups is 1. The molecule has 7 heteroatoms. The molecule has 0 atom stereocenters. The number of rotatable bonds is 2. The standard InChI is InChI=1S/C13H9BrCl2N2O2/c14-8-3-1-2-7(12(8)16)13-17-9-5-18(11(19)4-15)6-10(9)20-13/h1-3H,4-6H2. The predicted molar refractivity (Wildman–Crippen MR) is 79.6 cm³/mol. The molecule has 1 aromatic carbocycles. The summed E-state index contributed by atoms with van der Waals surface area (Å²) in [6.45, 7) is 0.829. The lowest BCUT2D eigenvalue weighted by Gasteiger charge is -2.12. The van der Waals surface area contributed by atoms with Crippen LogP contribution in [-0.2, 0) is 17.9 Å². The first-order valence-electron chi connectivity index (χ1n) is 5.87. The molecule has 3 rings (SSSR count). The van der Waals surface area contributed by atoms with Crippen molar-refractivity contribution in [2.24, 2.45) is 0 Å². The number of alkyl halides is 1. The molecule has 0 spiro atoms. The monoisotopic (exact) mass is 374 g/mol. The normalized spacial score (nSPS) is 13.7. The molecule has 1 aliphatic heterocycles. The second-order valence-electron chi connectivity index (χ2n) is 4.37. The first kappa shape index (κ1) is 13.9. The molecule has 0 saturated heterocycles. The van der Waals surface area contributed by atoms with Gasteiger partial charge in [-0.05, 0) is 28.1 Å². The molecule has 104 valence electrons. The zero-order valence-electron chi connectivity index (χ0n) is 10.2. The number of carbonyl (C=O) groups excluding carboxylic acids is 1. The number of benzene rings is 1. The summed E-state index contributed by atoms with van der Waals surface area (Å²) in [6.07, 6.45) is 0. The molecule has 0 radical (unpaired) electrons. The van der Waals surface area contributed by atoms with Gasteiger partial charge in [0, 0.05) is 4.47 Å². The lowest BCUT2D eigenvalue weighted by Crippen LogP contribution is -2.26. The van der Waals surface area contributed by atoms with Gasteiger partial charge in [-0.25, -0.2) is 4.98 Å². The molecule has 0 saturated carbocycles. The number of nitrogens with zero attached hydrogens (tertiary/aromatic N) is 2. The van der Waals surface area contributed by atoms with Gasteiger partial charge in [-0.2, -0.15) is 0 Å². The fourth-order valence-electron chi connectivity index (χ4n) is 2.09. The van der Waals surface area contributed by atoms with E-state index in [0.717, 1.165) is 15.7 Å². The molecule has 1 amide bonds. The van der Waals surface area contributed by atoms with E-state index in [4.69, 9.17) is 27.6 Å². The van der Waals surface area contributed by atoms with E-state index in [2.05, 4.69) is 20.9 Å². The maximum atomic E-state index is 11.5. The Bertz CT molecular complexity index is 664. The molecule has 0 bridgehead atoms. The quantitative estimate of drug-likeness (QED) is 0.749. The van der Waals surface area contributed by atoms with Crippen LogP contribution in [0.25, 0.3) is 11.5 Å². The van der Waals surface area contributed by atoms with Gasteiger partial charge in [0.05, 0.1) is 23.7 Å². The predicted octanol–water partition coefficient (Wildman–Crippen LogP) is 3.84. The topological polar surface area (TPSA) is 46.3 Å². The van der Waals surface area contributed by atoms with Crippen LogP contribution < -0.4 is 0 Å². The second-order valence-corrected chi connectivity index (χ2v) is 5.87. The van der Waals surface area contributed by atoms with Gasteiger partial charge < -0.3 is 9.32 Å². The van der Waals surface area contributed by atoms with E-state index >= 15 is 0 Å². The van der Waals surface area contributed by atoms with Crippen LogP contribution in [0.1, 0.15) is 11.5 Å². The van der Waals surface area contributed by atoms with Gasteiger partial charge in [0.1, 0.15) is 17.3 Å². The highest BCUT2D eigenvalue weighted by molar-refractivity contribution is 9.10. The molecule has 4 nitrogen and oxygen atoms in total. The molecule has 1 aromatic heterocycles. The van der Waals surface area contributed by atoms with Gasteiger partial charge in [0.15, 0.2) is 0 Å². The SMILES string of the molecule is O=C(CCl)N1Cc2nc(-c3cccc(Br)c3Cl)oc2C1. The summed E-state index contributed by atoms with van der Waals surface area (Å²) in [6, 6.07) is 5.56. The van der Waals surface area contributed by atoms with Crippen molar-refractivity contribution in [3.05, 3.63) is 39.1 Å². The van der Waals surface area contributed by atoms with Crippen molar-refractivity contribution in [2.75, 3.05) is 5.88 Å². The summed E-state index contributed by atoms with van der Waals surface area (Å²) in [5.41, 5.74) is 1.49. The van der Waals surface area contributed by atoms with Crippen molar-refractivity contribution in [1.29, 1.82) is 0 Å². The lowest BCUT2D eigenvalue weighted by molar-refractivity contribution is -0.129. The van der Waals surface area contributed by atoms with Crippen LogP contribution in [0, 0.1) is 0 Å². The van der Waals surface area contributed by atoms with Crippen LogP contribution in [-0.4, -0.2) is 21.7 Å². The van der Waals surface area contributed by atoms with Gasteiger partial charge in [-0.1, -0.05) is 17.7 Å². The first-order chi connectivity index (χ1) is 9.60. The summed E-state index contributed by atoms with van der Waals surface area (Å²) in [5.74, 6) is 1.00. The number of halogens is 3. The van der Waals surface area contributed by atoms with Crippen LogP contribution in [0.5, 0.6) is 0 Å². The third kappa shape index (κ3) is 2.34. The van der Waals surface area contributed by atoms with Crippen molar-refractivity contribution in [2.45, 2.75) is 13.1 Å². The molecule has 0 unspecified atom stereocenters. The average Bonchev–Trinajstić information content (AvgIpc) is 2.99. The Morgan fingerprint density at radius 3 is 2.95 bits per heavy atom. The van der Waals surface area contributed by atoms with Gasteiger partial charge in [0.25, 0.3) is 0 Å². The summed E-state index contributed by atoms with van der Waals surface area (Å²) >= 11 is 15.1. The molecular formula is C13H9BrCl2N2O2. The Morgan fingerprint density at radius 1 is 1.45 bits per heavy atom. The van der Waals surface area contributed by atoms with Crippen LogP contribution in [0.2, 0.25) is 5.02 Å². The lowest BCUT2D eigenvalue weighted by atomic mass is 10.2. The highest BCUT2D eigenvalue weighted by Crippen LogP contribution is 2.35. The van der Waals surface area contributed by atoms with Crippen LogP contribution >= 0.6 is 39.1 Å². The molecule has 2 heterocycles. The molecule has 0 fully saturated rings. The van der Waals surface area contributed by atoms with Gasteiger partial charge >= 0.3 is 0 Å². The van der Waals surface area contributed by atoms with E-state index in [1.807, 2.05) is 18.2 Å². The summed E-state index contributed by atoms with van der Waals surface area (Å²) in [7, 11) is 0. The Labute approximate surface area is 133 Å². The summed E-state index contributed by atoms with van der Waals surface area (Å²) < 4.78 is 6.51. The average molecular weight is 376 g/mol. The van der Waals surface area contributed by atoms with Crippen molar-refractivity contribution >= 4 is 45.0 Å². The number of aromatic nitrogens is 1. The number of oxazole rings is 1. The zero-order chi connectivity index (χ0) is 14.3. The smallest absolute Gasteiger partial charge is 0.238 e. The molecule has 0 N–H and O–H groups in total. The Balaban J connectivity index is 1.91. The number of hydrogen-bond donors (Lipinski definition) is 0. The number of hydrogen-bond acceptors (Lipinski definition) is 3. The summed E-state index contributed by atoms with van der Waals surface area (Å²) in [5, 5.41) is 0.557. The van der Waals surface area contributed by atoms with Gasteiger partial charge in [-0.3, -0.25) is 4.79 Å². The van der Waals surface area contributed by atoms with E-state index in [-0.39, 0.29) is 11.8 Å². The van der Waals surface area contributed by atoms with E-state index < -0.39 is 0 Å². The number of amides is 1. The molecule has 0 aliphatic carbocycles.